The molecule has 1 aromatic rings. The van der Waals surface area contributed by atoms with Crippen LogP contribution in [0.3, 0.4) is 0 Å². The molecule has 0 unspecified atom stereocenters. The van der Waals surface area contributed by atoms with Crippen LogP contribution in [0.15, 0.2) is 23.1 Å². The molecular formula is C20H27NO5S. The topological polar surface area (TPSA) is 76.1 Å². The summed E-state index contributed by atoms with van der Waals surface area (Å²) >= 11 is 1.22. The number of ether oxygens (including phenoxy) is 2. The summed E-state index contributed by atoms with van der Waals surface area (Å²) in [5.41, 5.74) is 0.984. The standard InChI is InChI=1S/C20H27NO5S/c1-4-5-6-7-10-21-19(23)17(18(20(21)24)27-12-11-22)14-8-9-15(25-2)16(13-14)26-3/h8-9,13,22H,4-7,10-12H2,1-3H3. The van der Waals surface area contributed by atoms with E-state index in [4.69, 9.17) is 14.6 Å². The van der Waals surface area contributed by atoms with Crippen LogP contribution in [0, 0.1) is 0 Å². The first-order valence-corrected chi connectivity index (χ1v) is 10.1. The molecule has 1 N–H and O–H groups in total. The minimum absolute atomic E-state index is 0.0641. The Morgan fingerprint density at radius 2 is 1.78 bits per heavy atom. The molecule has 1 aromatic carbocycles. The zero-order chi connectivity index (χ0) is 19.8. The van der Waals surface area contributed by atoms with E-state index in [0.29, 0.717) is 39.8 Å². The summed E-state index contributed by atoms with van der Waals surface area (Å²) in [6.45, 7) is 2.47. The van der Waals surface area contributed by atoms with Crippen molar-refractivity contribution in [3.63, 3.8) is 0 Å². The van der Waals surface area contributed by atoms with Crippen LogP contribution in [0.1, 0.15) is 38.2 Å². The van der Waals surface area contributed by atoms with Gasteiger partial charge in [0.1, 0.15) is 0 Å². The highest BCUT2D eigenvalue weighted by molar-refractivity contribution is 8.04. The molecule has 1 aliphatic rings. The summed E-state index contributed by atoms with van der Waals surface area (Å²) in [4.78, 5) is 27.5. The van der Waals surface area contributed by atoms with E-state index < -0.39 is 0 Å². The fourth-order valence-electron chi connectivity index (χ4n) is 2.98. The largest absolute Gasteiger partial charge is 0.493 e. The van der Waals surface area contributed by atoms with E-state index in [-0.39, 0.29) is 18.4 Å². The van der Waals surface area contributed by atoms with E-state index in [0.717, 1.165) is 25.7 Å². The molecule has 0 radical (unpaired) electrons. The lowest BCUT2D eigenvalue weighted by molar-refractivity contribution is -0.136. The number of thioether (sulfide) groups is 1. The molecule has 0 fully saturated rings. The first-order valence-electron chi connectivity index (χ1n) is 9.15. The zero-order valence-electron chi connectivity index (χ0n) is 16.1. The second kappa shape index (κ2) is 10.4. The Balaban J connectivity index is 2.35. The molecule has 1 heterocycles. The minimum Gasteiger partial charge on any atom is -0.493 e. The number of imide groups is 1. The van der Waals surface area contributed by atoms with Crippen LogP contribution in [0.2, 0.25) is 0 Å². The number of aliphatic hydroxyl groups excluding tert-OH is 1. The third kappa shape index (κ3) is 4.84. The van der Waals surface area contributed by atoms with Crippen molar-refractivity contribution in [3.8, 4) is 11.5 Å². The third-order valence-corrected chi connectivity index (χ3v) is 5.42. The van der Waals surface area contributed by atoms with Gasteiger partial charge in [0.2, 0.25) is 0 Å². The molecule has 27 heavy (non-hydrogen) atoms. The van der Waals surface area contributed by atoms with Crippen molar-refractivity contribution >= 4 is 29.1 Å². The number of benzene rings is 1. The average molecular weight is 394 g/mol. The molecule has 0 spiro atoms. The summed E-state index contributed by atoms with van der Waals surface area (Å²) < 4.78 is 10.6. The van der Waals surface area contributed by atoms with Crippen molar-refractivity contribution in [1.82, 2.24) is 4.90 Å². The summed E-state index contributed by atoms with van der Waals surface area (Å²) in [5.74, 6) is 0.841. The van der Waals surface area contributed by atoms with Gasteiger partial charge in [-0.1, -0.05) is 32.3 Å². The summed E-state index contributed by atoms with van der Waals surface area (Å²) in [7, 11) is 3.07. The smallest absolute Gasteiger partial charge is 0.267 e. The highest BCUT2D eigenvalue weighted by atomic mass is 32.2. The Morgan fingerprint density at radius 1 is 1.04 bits per heavy atom. The Morgan fingerprint density at radius 3 is 2.41 bits per heavy atom. The van der Waals surface area contributed by atoms with Gasteiger partial charge in [0.05, 0.1) is 31.3 Å². The minimum atomic E-state index is -0.288. The van der Waals surface area contributed by atoms with Crippen molar-refractivity contribution < 1.29 is 24.2 Å². The molecule has 6 nitrogen and oxygen atoms in total. The van der Waals surface area contributed by atoms with Crippen LogP contribution < -0.4 is 9.47 Å². The highest BCUT2D eigenvalue weighted by Crippen LogP contribution is 2.39. The lowest BCUT2D eigenvalue weighted by atomic mass is 10.1. The maximum atomic E-state index is 13.0. The molecule has 2 amide bonds. The third-order valence-electron chi connectivity index (χ3n) is 4.37. The first-order chi connectivity index (χ1) is 13.1. The normalized spacial score (nSPS) is 14.3. The number of amides is 2. The van der Waals surface area contributed by atoms with Gasteiger partial charge in [-0.15, -0.1) is 11.8 Å². The van der Waals surface area contributed by atoms with Gasteiger partial charge >= 0.3 is 0 Å². The van der Waals surface area contributed by atoms with E-state index in [1.807, 2.05) is 0 Å². The predicted molar refractivity (Wildman–Crippen MR) is 107 cm³/mol. The molecule has 2 rings (SSSR count). The lowest BCUT2D eigenvalue weighted by Gasteiger charge is -2.15. The summed E-state index contributed by atoms with van der Waals surface area (Å²) in [5, 5.41) is 9.16. The first kappa shape index (κ1) is 21.3. The van der Waals surface area contributed by atoms with Crippen LogP contribution >= 0.6 is 11.8 Å². The number of hydrogen-bond donors (Lipinski definition) is 1. The lowest BCUT2D eigenvalue weighted by Crippen LogP contribution is -2.32. The fraction of sp³-hybridized carbons (Fsp3) is 0.500. The van der Waals surface area contributed by atoms with Crippen molar-refractivity contribution in [2.24, 2.45) is 0 Å². The molecule has 0 saturated carbocycles. The molecule has 0 aromatic heterocycles. The molecule has 1 aliphatic heterocycles. The van der Waals surface area contributed by atoms with Crippen LogP contribution in [-0.2, 0) is 9.59 Å². The molecule has 0 saturated heterocycles. The average Bonchev–Trinajstić information content (AvgIpc) is 2.92. The second-order valence-electron chi connectivity index (χ2n) is 6.17. The number of nitrogens with zero attached hydrogens (tertiary/aromatic N) is 1. The van der Waals surface area contributed by atoms with Gasteiger partial charge in [0, 0.05) is 12.3 Å². The fourth-order valence-corrected chi connectivity index (χ4v) is 3.86. The number of rotatable bonds is 11. The van der Waals surface area contributed by atoms with Crippen molar-refractivity contribution in [2.75, 3.05) is 33.1 Å². The van der Waals surface area contributed by atoms with E-state index in [9.17, 15) is 9.59 Å². The number of carbonyl (C=O) groups excluding carboxylic acids is 2. The van der Waals surface area contributed by atoms with Crippen molar-refractivity contribution in [2.45, 2.75) is 32.6 Å². The summed E-state index contributed by atoms with van der Waals surface area (Å²) in [6, 6.07) is 5.18. The number of hydrogen-bond acceptors (Lipinski definition) is 6. The SMILES string of the molecule is CCCCCCN1C(=O)C(SCCO)=C(c2ccc(OC)c(OC)c2)C1=O. The Hall–Kier alpha value is -1.99. The highest BCUT2D eigenvalue weighted by Gasteiger charge is 2.38. The van der Waals surface area contributed by atoms with Crippen molar-refractivity contribution in [1.29, 1.82) is 0 Å². The molecule has 0 bridgehead atoms. The van der Waals surface area contributed by atoms with Gasteiger partial charge in [0.25, 0.3) is 11.8 Å². The summed E-state index contributed by atoms with van der Waals surface area (Å²) in [6.07, 6.45) is 3.95. The van der Waals surface area contributed by atoms with E-state index in [1.165, 1.54) is 23.8 Å². The van der Waals surface area contributed by atoms with Crippen LogP contribution in [0.25, 0.3) is 5.57 Å². The quantitative estimate of drug-likeness (QED) is 0.460. The number of unbranched alkanes of at least 4 members (excludes halogenated alkanes) is 3. The van der Waals surface area contributed by atoms with Crippen LogP contribution in [0.5, 0.6) is 11.5 Å². The number of methoxy groups -OCH3 is 2. The zero-order valence-corrected chi connectivity index (χ0v) is 16.9. The second-order valence-corrected chi connectivity index (χ2v) is 7.27. The van der Waals surface area contributed by atoms with E-state index in [1.54, 1.807) is 25.3 Å². The van der Waals surface area contributed by atoms with Gasteiger partial charge in [-0.25, -0.2) is 0 Å². The molecule has 148 valence electrons. The van der Waals surface area contributed by atoms with Crippen molar-refractivity contribution in [3.05, 3.63) is 28.7 Å². The molecule has 0 aliphatic carbocycles. The van der Waals surface area contributed by atoms with Gasteiger partial charge in [-0.05, 0) is 24.1 Å². The molecule has 0 atom stereocenters. The van der Waals surface area contributed by atoms with Crippen LogP contribution in [0.4, 0.5) is 0 Å². The number of carbonyl (C=O) groups is 2. The molecule has 7 heteroatoms. The maximum Gasteiger partial charge on any atom is 0.267 e. The Kier molecular flexibility index (Phi) is 8.19. The van der Waals surface area contributed by atoms with Gasteiger partial charge in [-0.3, -0.25) is 14.5 Å². The van der Waals surface area contributed by atoms with Gasteiger partial charge in [-0.2, -0.15) is 0 Å². The monoisotopic (exact) mass is 393 g/mol. The number of aliphatic hydroxyl groups is 1. The van der Waals surface area contributed by atoms with E-state index in [2.05, 4.69) is 6.92 Å². The Bertz CT molecular complexity index is 716. The predicted octanol–water partition coefficient (Wildman–Crippen LogP) is 3.09. The van der Waals surface area contributed by atoms with E-state index >= 15 is 0 Å². The Labute approximate surface area is 164 Å². The van der Waals surface area contributed by atoms with Crippen LogP contribution in [-0.4, -0.2) is 54.9 Å². The molecular weight excluding hydrogens is 366 g/mol. The van der Waals surface area contributed by atoms with Gasteiger partial charge in [0.15, 0.2) is 11.5 Å². The van der Waals surface area contributed by atoms with Gasteiger partial charge < -0.3 is 14.6 Å². The maximum absolute atomic E-state index is 13.0.